The van der Waals surface area contributed by atoms with Crippen molar-refractivity contribution in [2.24, 2.45) is 5.73 Å². The summed E-state index contributed by atoms with van der Waals surface area (Å²) >= 11 is 0. The molecule has 1 aromatic carbocycles. The Labute approximate surface area is 104 Å². The number of rotatable bonds is 4. The summed E-state index contributed by atoms with van der Waals surface area (Å²) in [5, 5.41) is 0. The molecule has 1 aromatic rings. The predicted octanol–water partition coefficient (Wildman–Crippen LogP) is 1.12. The molecule has 1 fully saturated rings. The molecule has 0 saturated heterocycles. The summed E-state index contributed by atoms with van der Waals surface area (Å²) in [7, 11) is -3.87. The molecular formula is C11H14F2N2O2S. The van der Waals surface area contributed by atoms with Gasteiger partial charge in [0.25, 0.3) is 0 Å². The number of hydrogen-bond acceptors (Lipinski definition) is 3. The molecular weight excluding hydrogens is 262 g/mol. The predicted molar refractivity (Wildman–Crippen MR) is 62.3 cm³/mol. The fraction of sp³-hybridized carbons (Fsp3) is 0.455. The van der Waals surface area contributed by atoms with Crippen molar-refractivity contribution in [3.63, 3.8) is 0 Å². The minimum Gasteiger partial charge on any atom is -0.329 e. The molecule has 18 heavy (non-hydrogen) atoms. The van der Waals surface area contributed by atoms with Gasteiger partial charge in [-0.2, -0.15) is 0 Å². The molecule has 1 aliphatic rings. The third kappa shape index (κ3) is 2.38. The van der Waals surface area contributed by atoms with Crippen molar-refractivity contribution in [2.45, 2.75) is 29.7 Å². The average molecular weight is 276 g/mol. The lowest BCUT2D eigenvalue weighted by atomic mass is 9.78. The first kappa shape index (κ1) is 13.4. The van der Waals surface area contributed by atoms with Crippen molar-refractivity contribution in [3.8, 4) is 0 Å². The van der Waals surface area contributed by atoms with Crippen molar-refractivity contribution in [3.05, 3.63) is 29.8 Å². The van der Waals surface area contributed by atoms with Crippen LogP contribution in [-0.2, 0) is 10.0 Å². The van der Waals surface area contributed by atoms with E-state index < -0.39 is 27.2 Å². The Bertz CT molecular complexity index is 551. The topological polar surface area (TPSA) is 72.2 Å². The summed E-state index contributed by atoms with van der Waals surface area (Å²) < 4.78 is 52.3. The number of hydrogen-bond donors (Lipinski definition) is 2. The number of benzene rings is 1. The minimum atomic E-state index is -3.87. The van der Waals surface area contributed by atoms with Crippen LogP contribution < -0.4 is 10.5 Å². The summed E-state index contributed by atoms with van der Waals surface area (Å²) in [6.07, 6.45) is 2.22. The standard InChI is InChI=1S/C11H14F2N2O2S/c12-9-3-2-8(6-10(9)13)18(16,17)15-11(7-14)4-1-5-11/h2-3,6,15H,1,4-5,7,14H2. The fourth-order valence-electron chi connectivity index (χ4n) is 1.94. The van der Waals surface area contributed by atoms with E-state index in [4.69, 9.17) is 5.73 Å². The van der Waals surface area contributed by atoms with E-state index in [0.29, 0.717) is 18.9 Å². The van der Waals surface area contributed by atoms with Gasteiger partial charge in [0.2, 0.25) is 10.0 Å². The Kier molecular flexibility index (Phi) is 3.39. The normalized spacial score (nSPS) is 18.4. The molecule has 100 valence electrons. The van der Waals surface area contributed by atoms with Crippen molar-refractivity contribution in [1.29, 1.82) is 0 Å². The van der Waals surface area contributed by atoms with Gasteiger partial charge in [-0.25, -0.2) is 21.9 Å². The van der Waals surface area contributed by atoms with Crippen LogP contribution in [0.25, 0.3) is 0 Å². The average Bonchev–Trinajstić information content (AvgIpc) is 2.27. The second-order valence-corrected chi connectivity index (χ2v) is 6.20. The molecule has 2 rings (SSSR count). The van der Waals surface area contributed by atoms with E-state index in [-0.39, 0.29) is 11.4 Å². The third-order valence-corrected chi connectivity index (χ3v) is 4.83. The smallest absolute Gasteiger partial charge is 0.241 e. The highest BCUT2D eigenvalue weighted by atomic mass is 32.2. The van der Waals surface area contributed by atoms with E-state index >= 15 is 0 Å². The minimum absolute atomic E-state index is 0.190. The van der Waals surface area contributed by atoms with Crippen LogP contribution in [0.3, 0.4) is 0 Å². The van der Waals surface area contributed by atoms with Gasteiger partial charge in [-0.3, -0.25) is 0 Å². The Morgan fingerprint density at radius 2 is 1.94 bits per heavy atom. The zero-order valence-electron chi connectivity index (χ0n) is 9.62. The van der Waals surface area contributed by atoms with E-state index in [1.54, 1.807) is 0 Å². The van der Waals surface area contributed by atoms with Crippen LogP contribution in [0.15, 0.2) is 23.1 Å². The fourth-order valence-corrected chi connectivity index (χ4v) is 3.42. The van der Waals surface area contributed by atoms with Gasteiger partial charge < -0.3 is 5.73 Å². The lowest BCUT2D eigenvalue weighted by molar-refractivity contribution is 0.230. The molecule has 0 heterocycles. The van der Waals surface area contributed by atoms with Crippen molar-refractivity contribution in [1.82, 2.24) is 4.72 Å². The van der Waals surface area contributed by atoms with E-state index in [9.17, 15) is 17.2 Å². The van der Waals surface area contributed by atoms with Gasteiger partial charge in [0.15, 0.2) is 11.6 Å². The molecule has 0 aliphatic heterocycles. The number of halogens is 2. The van der Waals surface area contributed by atoms with Gasteiger partial charge in [-0.05, 0) is 37.5 Å². The first-order chi connectivity index (χ1) is 8.38. The van der Waals surface area contributed by atoms with Crippen LogP contribution in [0.4, 0.5) is 8.78 Å². The molecule has 3 N–H and O–H groups in total. The van der Waals surface area contributed by atoms with Crippen LogP contribution >= 0.6 is 0 Å². The highest BCUT2D eigenvalue weighted by Crippen LogP contribution is 2.32. The van der Waals surface area contributed by atoms with Crippen LogP contribution in [0.2, 0.25) is 0 Å². The van der Waals surface area contributed by atoms with E-state index in [0.717, 1.165) is 18.6 Å². The monoisotopic (exact) mass is 276 g/mol. The summed E-state index contributed by atoms with van der Waals surface area (Å²) in [5.41, 5.74) is 4.91. The summed E-state index contributed by atoms with van der Waals surface area (Å²) in [6.45, 7) is 0.190. The summed E-state index contributed by atoms with van der Waals surface area (Å²) in [6, 6.07) is 2.49. The Morgan fingerprint density at radius 3 is 2.39 bits per heavy atom. The first-order valence-electron chi connectivity index (χ1n) is 5.58. The van der Waals surface area contributed by atoms with Crippen LogP contribution in [0.1, 0.15) is 19.3 Å². The third-order valence-electron chi connectivity index (χ3n) is 3.25. The second kappa shape index (κ2) is 4.56. The largest absolute Gasteiger partial charge is 0.329 e. The molecule has 0 spiro atoms. The maximum atomic E-state index is 13.0. The summed E-state index contributed by atoms with van der Waals surface area (Å²) in [4.78, 5) is -0.291. The van der Waals surface area contributed by atoms with Gasteiger partial charge in [0, 0.05) is 12.1 Å². The van der Waals surface area contributed by atoms with Gasteiger partial charge in [0.1, 0.15) is 0 Å². The lowest BCUT2D eigenvalue weighted by Gasteiger charge is -2.41. The van der Waals surface area contributed by atoms with Crippen molar-refractivity contribution >= 4 is 10.0 Å². The molecule has 0 radical (unpaired) electrons. The van der Waals surface area contributed by atoms with Gasteiger partial charge >= 0.3 is 0 Å². The highest BCUT2D eigenvalue weighted by Gasteiger charge is 2.39. The van der Waals surface area contributed by atoms with Gasteiger partial charge in [-0.15, -0.1) is 0 Å². The van der Waals surface area contributed by atoms with Gasteiger partial charge in [-0.1, -0.05) is 0 Å². The Balaban J connectivity index is 2.28. The molecule has 0 aromatic heterocycles. The van der Waals surface area contributed by atoms with E-state index in [1.165, 1.54) is 0 Å². The molecule has 1 aliphatic carbocycles. The number of sulfonamides is 1. The quantitative estimate of drug-likeness (QED) is 0.865. The zero-order chi connectivity index (χ0) is 13.4. The Morgan fingerprint density at radius 1 is 1.28 bits per heavy atom. The molecule has 0 bridgehead atoms. The van der Waals surface area contributed by atoms with Crippen molar-refractivity contribution < 1.29 is 17.2 Å². The molecule has 0 atom stereocenters. The number of nitrogens with two attached hydrogens (primary N) is 1. The molecule has 0 amide bonds. The molecule has 4 nitrogen and oxygen atoms in total. The van der Waals surface area contributed by atoms with Crippen LogP contribution in [0.5, 0.6) is 0 Å². The van der Waals surface area contributed by atoms with Crippen LogP contribution in [-0.4, -0.2) is 20.5 Å². The SMILES string of the molecule is NCC1(NS(=O)(=O)c2ccc(F)c(F)c2)CCC1. The first-order valence-corrected chi connectivity index (χ1v) is 7.06. The second-order valence-electron chi connectivity index (χ2n) is 4.52. The Hall–Kier alpha value is -1.05. The number of nitrogens with one attached hydrogen (secondary N) is 1. The molecule has 0 unspecified atom stereocenters. The molecule has 1 saturated carbocycles. The van der Waals surface area contributed by atoms with E-state index in [1.807, 2.05) is 0 Å². The van der Waals surface area contributed by atoms with Gasteiger partial charge in [0.05, 0.1) is 4.90 Å². The van der Waals surface area contributed by atoms with Crippen LogP contribution in [0, 0.1) is 11.6 Å². The zero-order valence-corrected chi connectivity index (χ0v) is 10.4. The summed E-state index contributed by atoms with van der Waals surface area (Å²) in [5.74, 6) is -2.26. The molecule has 7 heteroatoms. The highest BCUT2D eigenvalue weighted by molar-refractivity contribution is 7.89. The van der Waals surface area contributed by atoms with E-state index in [2.05, 4.69) is 4.72 Å². The lowest BCUT2D eigenvalue weighted by Crippen LogP contribution is -2.58. The van der Waals surface area contributed by atoms with Crippen molar-refractivity contribution in [2.75, 3.05) is 6.54 Å². The maximum absolute atomic E-state index is 13.0. The maximum Gasteiger partial charge on any atom is 0.241 e.